The highest BCUT2D eigenvalue weighted by Crippen LogP contribution is 2.35. The van der Waals surface area contributed by atoms with Crippen LogP contribution in [0.15, 0.2) is 36.0 Å². The van der Waals surface area contributed by atoms with E-state index in [4.69, 9.17) is 0 Å². The Hall–Kier alpha value is -2.42. The lowest BCUT2D eigenvalue weighted by molar-refractivity contribution is -0.141. The second kappa shape index (κ2) is 6.95. The molecule has 1 saturated heterocycles. The molecule has 0 aliphatic carbocycles. The van der Waals surface area contributed by atoms with Crippen LogP contribution in [0.2, 0.25) is 0 Å². The average Bonchev–Trinajstić information content (AvgIpc) is 3.30. The van der Waals surface area contributed by atoms with Crippen molar-refractivity contribution in [1.82, 2.24) is 19.5 Å². The van der Waals surface area contributed by atoms with Gasteiger partial charge in [-0.1, -0.05) is 6.07 Å². The van der Waals surface area contributed by atoms with E-state index in [0.717, 1.165) is 40.6 Å². The highest BCUT2D eigenvalue weighted by atomic mass is 32.1. The summed E-state index contributed by atoms with van der Waals surface area (Å²) in [6.07, 6.45) is 0.803. The van der Waals surface area contributed by atoms with Gasteiger partial charge in [0.1, 0.15) is 0 Å². The number of halogens is 3. The molecule has 0 spiro atoms. The van der Waals surface area contributed by atoms with Crippen LogP contribution in [0.1, 0.15) is 35.0 Å². The molecule has 4 heterocycles. The van der Waals surface area contributed by atoms with Crippen LogP contribution in [0.25, 0.3) is 5.52 Å². The number of alkyl halides is 3. The second-order valence-corrected chi connectivity index (χ2v) is 7.51. The third-order valence-electron chi connectivity index (χ3n) is 4.78. The standard InChI is InChI=1S/C18H17F3N4OS/c19-18(20,21)15-11-27-17(23-15)12-4-3-6-24(10-12)16(26)8-13-9-22-25-7-2-1-5-14(13)25/h1-2,5,7,9,11-12H,3-4,6,8,10H2. The van der Waals surface area contributed by atoms with Crippen molar-refractivity contribution in [2.45, 2.75) is 31.4 Å². The van der Waals surface area contributed by atoms with E-state index < -0.39 is 11.9 Å². The number of aromatic nitrogens is 3. The molecule has 1 unspecified atom stereocenters. The van der Waals surface area contributed by atoms with E-state index in [1.165, 1.54) is 0 Å². The van der Waals surface area contributed by atoms with Crippen LogP contribution in [0, 0.1) is 0 Å². The molecule has 142 valence electrons. The zero-order valence-electron chi connectivity index (χ0n) is 14.3. The molecule has 1 fully saturated rings. The van der Waals surface area contributed by atoms with Gasteiger partial charge in [0.15, 0.2) is 5.69 Å². The molecule has 4 rings (SSSR count). The summed E-state index contributed by atoms with van der Waals surface area (Å²) >= 11 is 1.02. The molecule has 0 saturated carbocycles. The van der Waals surface area contributed by atoms with Gasteiger partial charge in [-0.25, -0.2) is 9.50 Å². The zero-order chi connectivity index (χ0) is 19.0. The number of nitrogens with zero attached hydrogens (tertiary/aromatic N) is 4. The third kappa shape index (κ3) is 3.69. The van der Waals surface area contributed by atoms with E-state index in [9.17, 15) is 18.0 Å². The fourth-order valence-corrected chi connectivity index (χ4v) is 4.36. The van der Waals surface area contributed by atoms with Crippen LogP contribution in [-0.4, -0.2) is 38.5 Å². The van der Waals surface area contributed by atoms with Crippen LogP contribution in [0.4, 0.5) is 13.2 Å². The van der Waals surface area contributed by atoms with Crippen molar-refractivity contribution < 1.29 is 18.0 Å². The van der Waals surface area contributed by atoms with E-state index in [1.54, 1.807) is 15.6 Å². The first-order valence-electron chi connectivity index (χ1n) is 8.63. The molecule has 3 aromatic heterocycles. The largest absolute Gasteiger partial charge is 0.434 e. The van der Waals surface area contributed by atoms with Crippen LogP contribution in [-0.2, 0) is 17.4 Å². The van der Waals surface area contributed by atoms with Crippen molar-refractivity contribution in [3.8, 4) is 0 Å². The van der Waals surface area contributed by atoms with E-state index in [-0.39, 0.29) is 18.2 Å². The van der Waals surface area contributed by atoms with Crippen LogP contribution in [0.3, 0.4) is 0 Å². The molecule has 9 heteroatoms. The Morgan fingerprint density at radius 2 is 2.19 bits per heavy atom. The highest BCUT2D eigenvalue weighted by molar-refractivity contribution is 7.09. The van der Waals surface area contributed by atoms with Crippen molar-refractivity contribution >= 4 is 22.8 Å². The predicted octanol–water partition coefficient (Wildman–Crippen LogP) is 3.76. The van der Waals surface area contributed by atoms with Crippen LogP contribution < -0.4 is 0 Å². The third-order valence-corrected chi connectivity index (χ3v) is 5.79. The maximum atomic E-state index is 12.8. The zero-order valence-corrected chi connectivity index (χ0v) is 15.1. The minimum atomic E-state index is -4.43. The van der Waals surface area contributed by atoms with Gasteiger partial charge in [0.2, 0.25) is 5.91 Å². The Morgan fingerprint density at radius 1 is 1.33 bits per heavy atom. The summed E-state index contributed by atoms with van der Waals surface area (Å²) in [4.78, 5) is 18.2. The number of carbonyl (C=O) groups is 1. The van der Waals surface area contributed by atoms with Gasteiger partial charge in [0, 0.05) is 36.1 Å². The Labute approximate surface area is 157 Å². The lowest BCUT2D eigenvalue weighted by atomic mass is 9.98. The number of hydrogen-bond donors (Lipinski definition) is 0. The van der Waals surface area contributed by atoms with Gasteiger partial charge in [-0.3, -0.25) is 4.79 Å². The lowest BCUT2D eigenvalue weighted by Crippen LogP contribution is -2.39. The van der Waals surface area contributed by atoms with Gasteiger partial charge in [0.25, 0.3) is 0 Å². The number of rotatable bonds is 3. The summed E-state index contributed by atoms with van der Waals surface area (Å²) < 4.78 is 40.1. The molecule has 0 aromatic carbocycles. The summed E-state index contributed by atoms with van der Waals surface area (Å²) in [5.74, 6) is -0.182. The SMILES string of the molecule is O=C(Cc1cnn2ccccc12)N1CCCC(c2nc(C(F)(F)F)cs2)C1. The number of carbonyl (C=O) groups excluding carboxylic acids is 1. The molecule has 1 atom stereocenters. The van der Waals surface area contributed by atoms with Crippen molar-refractivity contribution in [3.05, 3.63) is 52.2 Å². The number of amides is 1. The summed E-state index contributed by atoms with van der Waals surface area (Å²) in [7, 11) is 0. The molecule has 0 N–H and O–H groups in total. The first-order valence-corrected chi connectivity index (χ1v) is 9.51. The Morgan fingerprint density at radius 3 is 2.96 bits per heavy atom. The van der Waals surface area contributed by atoms with Gasteiger partial charge >= 0.3 is 6.18 Å². The number of hydrogen-bond acceptors (Lipinski definition) is 4. The van der Waals surface area contributed by atoms with E-state index in [1.807, 2.05) is 24.4 Å². The molecular weight excluding hydrogens is 377 g/mol. The maximum absolute atomic E-state index is 12.8. The minimum Gasteiger partial charge on any atom is -0.342 e. The maximum Gasteiger partial charge on any atom is 0.434 e. The van der Waals surface area contributed by atoms with Crippen molar-refractivity contribution in [2.75, 3.05) is 13.1 Å². The smallest absolute Gasteiger partial charge is 0.342 e. The highest BCUT2D eigenvalue weighted by Gasteiger charge is 2.35. The van der Waals surface area contributed by atoms with Gasteiger partial charge in [0.05, 0.1) is 23.1 Å². The van der Waals surface area contributed by atoms with Crippen molar-refractivity contribution in [1.29, 1.82) is 0 Å². The topological polar surface area (TPSA) is 50.5 Å². The fourth-order valence-electron chi connectivity index (χ4n) is 3.41. The second-order valence-electron chi connectivity index (χ2n) is 6.62. The van der Waals surface area contributed by atoms with Gasteiger partial charge in [-0.2, -0.15) is 18.3 Å². The van der Waals surface area contributed by atoms with Gasteiger partial charge in [-0.05, 0) is 25.0 Å². The quantitative estimate of drug-likeness (QED) is 0.680. The molecular formula is C18H17F3N4OS. The molecule has 0 bridgehead atoms. The van der Waals surface area contributed by atoms with Crippen LogP contribution in [0.5, 0.6) is 0 Å². The number of piperidine rings is 1. The average molecular weight is 394 g/mol. The Balaban J connectivity index is 1.46. The minimum absolute atomic E-state index is 0.0361. The monoisotopic (exact) mass is 394 g/mol. The molecule has 5 nitrogen and oxygen atoms in total. The van der Waals surface area contributed by atoms with E-state index in [0.29, 0.717) is 18.1 Å². The molecule has 0 radical (unpaired) electrons. The van der Waals surface area contributed by atoms with Crippen molar-refractivity contribution in [2.24, 2.45) is 0 Å². The number of thiazole rings is 1. The Bertz CT molecular complexity index is 965. The summed E-state index contributed by atoms with van der Waals surface area (Å²) in [6.45, 7) is 1.02. The van der Waals surface area contributed by atoms with E-state index in [2.05, 4.69) is 10.1 Å². The predicted molar refractivity (Wildman–Crippen MR) is 94.6 cm³/mol. The molecule has 3 aromatic rings. The molecule has 27 heavy (non-hydrogen) atoms. The van der Waals surface area contributed by atoms with Gasteiger partial charge < -0.3 is 4.90 Å². The molecule has 1 aliphatic rings. The summed E-state index contributed by atoms with van der Waals surface area (Å²) in [5.41, 5.74) is 0.878. The normalized spacial score (nSPS) is 18.2. The molecule has 1 amide bonds. The van der Waals surface area contributed by atoms with E-state index >= 15 is 0 Å². The van der Waals surface area contributed by atoms with Crippen molar-refractivity contribution in [3.63, 3.8) is 0 Å². The summed E-state index contributed by atoms with van der Waals surface area (Å²) in [5, 5.41) is 5.74. The van der Waals surface area contributed by atoms with Crippen LogP contribution >= 0.6 is 11.3 Å². The molecule has 1 aliphatic heterocycles. The Kier molecular flexibility index (Phi) is 4.63. The number of fused-ring (bicyclic) bond motifs is 1. The first-order chi connectivity index (χ1) is 12.9. The fraction of sp³-hybridized carbons (Fsp3) is 0.389. The van der Waals surface area contributed by atoms with Gasteiger partial charge in [-0.15, -0.1) is 11.3 Å². The first kappa shape index (κ1) is 18.0. The summed E-state index contributed by atoms with van der Waals surface area (Å²) in [6, 6.07) is 5.66. The number of pyridine rings is 1. The lowest BCUT2D eigenvalue weighted by Gasteiger charge is -2.32. The number of likely N-dealkylation sites (tertiary alicyclic amines) is 1.